The molecule has 0 aliphatic carbocycles. The van der Waals surface area contributed by atoms with E-state index in [1.54, 1.807) is 0 Å². The summed E-state index contributed by atoms with van der Waals surface area (Å²) in [7, 11) is 0. The van der Waals surface area contributed by atoms with Gasteiger partial charge in [0.05, 0.1) is 5.69 Å². The molecule has 1 aliphatic heterocycles. The van der Waals surface area contributed by atoms with Gasteiger partial charge in [-0.1, -0.05) is 66.7 Å². The van der Waals surface area contributed by atoms with Gasteiger partial charge >= 0.3 is 0 Å². The van der Waals surface area contributed by atoms with Crippen molar-refractivity contribution in [2.75, 3.05) is 11.4 Å². The molecule has 0 unspecified atom stereocenters. The quantitative estimate of drug-likeness (QED) is 0.517. The Labute approximate surface area is 161 Å². The predicted molar refractivity (Wildman–Crippen MR) is 115 cm³/mol. The Morgan fingerprint density at radius 2 is 1.48 bits per heavy atom. The van der Waals surface area contributed by atoms with Gasteiger partial charge in [0, 0.05) is 24.1 Å². The number of fused-ring (bicyclic) bond motifs is 1. The van der Waals surface area contributed by atoms with Gasteiger partial charge in [0.1, 0.15) is 0 Å². The molecular weight excluding hydrogens is 328 g/mol. The van der Waals surface area contributed by atoms with Gasteiger partial charge < -0.3 is 4.90 Å². The third kappa shape index (κ3) is 4.35. The summed E-state index contributed by atoms with van der Waals surface area (Å²) in [5.41, 5.74) is 6.46. The molecule has 0 amide bonds. The van der Waals surface area contributed by atoms with E-state index in [0.717, 1.165) is 31.5 Å². The van der Waals surface area contributed by atoms with E-state index in [1.807, 2.05) is 36.5 Å². The van der Waals surface area contributed by atoms with E-state index >= 15 is 0 Å². The van der Waals surface area contributed by atoms with Crippen LogP contribution in [0.15, 0.2) is 102 Å². The lowest BCUT2D eigenvalue weighted by atomic mass is 9.98. The summed E-state index contributed by atoms with van der Waals surface area (Å²) in [6.07, 6.45) is 7.28. The molecule has 134 valence electrons. The molecule has 4 rings (SSSR count). The van der Waals surface area contributed by atoms with E-state index in [2.05, 4.69) is 70.6 Å². The number of para-hydroxylation sites is 2. The highest BCUT2D eigenvalue weighted by Gasteiger charge is 2.20. The zero-order chi connectivity index (χ0) is 18.3. The highest BCUT2D eigenvalue weighted by molar-refractivity contribution is 5.77. The number of nitrogens with zero attached hydrogens (tertiary/aromatic N) is 2. The number of rotatable bonds is 5. The van der Waals surface area contributed by atoms with Crippen LogP contribution in [0.3, 0.4) is 0 Å². The fraction of sp³-hybridized carbons (Fsp3) is 0.160. The fourth-order valence-corrected chi connectivity index (χ4v) is 3.58. The van der Waals surface area contributed by atoms with Gasteiger partial charge in [0.25, 0.3) is 0 Å². The molecule has 0 atom stereocenters. The average Bonchev–Trinajstić information content (AvgIpc) is 2.74. The molecule has 0 spiro atoms. The standard InChI is InChI=1S/C25H24N2/c1-3-9-21(10-4-1)18-20-27-24(16-15-22-11-7-8-14-25(22)27)17-19-26-23-12-5-2-6-13-23/h1-14,17,19H,15-16,18,20H2. The minimum atomic E-state index is 0.978. The van der Waals surface area contributed by atoms with Crippen molar-refractivity contribution in [2.24, 2.45) is 4.99 Å². The highest BCUT2D eigenvalue weighted by Crippen LogP contribution is 2.32. The zero-order valence-electron chi connectivity index (χ0n) is 15.5. The molecule has 3 aromatic carbocycles. The van der Waals surface area contributed by atoms with E-state index in [4.69, 9.17) is 0 Å². The molecule has 1 aliphatic rings. The van der Waals surface area contributed by atoms with Crippen molar-refractivity contribution in [1.29, 1.82) is 0 Å². The summed E-state index contributed by atoms with van der Waals surface area (Å²) >= 11 is 0. The molecule has 2 nitrogen and oxygen atoms in total. The van der Waals surface area contributed by atoms with Crippen molar-refractivity contribution in [1.82, 2.24) is 0 Å². The molecule has 0 saturated carbocycles. The van der Waals surface area contributed by atoms with Gasteiger partial charge in [-0.25, -0.2) is 0 Å². The molecule has 0 aromatic heterocycles. The summed E-state index contributed by atoms with van der Waals surface area (Å²) in [4.78, 5) is 7.04. The van der Waals surface area contributed by atoms with Gasteiger partial charge in [0.2, 0.25) is 0 Å². The lowest BCUT2D eigenvalue weighted by Gasteiger charge is -2.33. The van der Waals surface area contributed by atoms with Crippen molar-refractivity contribution < 1.29 is 0 Å². The number of hydrogen-bond donors (Lipinski definition) is 0. The van der Waals surface area contributed by atoms with Crippen LogP contribution in [-0.2, 0) is 12.8 Å². The minimum Gasteiger partial charge on any atom is -0.344 e. The molecule has 3 aromatic rings. The Hall–Kier alpha value is -3.13. The maximum Gasteiger partial charge on any atom is 0.0629 e. The second-order valence-corrected chi connectivity index (χ2v) is 6.79. The highest BCUT2D eigenvalue weighted by atomic mass is 15.1. The number of anilines is 1. The fourth-order valence-electron chi connectivity index (χ4n) is 3.58. The number of hydrogen-bond acceptors (Lipinski definition) is 2. The van der Waals surface area contributed by atoms with Crippen LogP contribution in [-0.4, -0.2) is 12.8 Å². The summed E-state index contributed by atoms with van der Waals surface area (Å²) in [5.74, 6) is 0. The third-order valence-corrected chi connectivity index (χ3v) is 4.99. The SMILES string of the molecule is C(C=C1CCc2ccccc2N1CCc1ccccc1)=Nc1ccccc1. The monoisotopic (exact) mass is 352 g/mol. The van der Waals surface area contributed by atoms with Crippen molar-refractivity contribution in [3.05, 3.63) is 108 Å². The number of allylic oxidation sites excluding steroid dienone is 2. The van der Waals surface area contributed by atoms with Crippen LogP contribution in [0.1, 0.15) is 17.5 Å². The summed E-state index contributed by atoms with van der Waals surface area (Å²) in [6, 6.07) is 29.6. The van der Waals surface area contributed by atoms with Crippen molar-refractivity contribution in [2.45, 2.75) is 19.3 Å². The van der Waals surface area contributed by atoms with Gasteiger partial charge in [-0.05, 0) is 54.7 Å². The normalized spacial score (nSPS) is 15.3. The zero-order valence-corrected chi connectivity index (χ0v) is 15.5. The van der Waals surface area contributed by atoms with E-state index < -0.39 is 0 Å². The summed E-state index contributed by atoms with van der Waals surface area (Å²) in [6.45, 7) is 0.978. The maximum absolute atomic E-state index is 4.58. The second kappa shape index (κ2) is 8.50. The molecular formula is C25H24N2. The molecule has 0 bridgehead atoms. The van der Waals surface area contributed by atoms with Crippen LogP contribution in [0.5, 0.6) is 0 Å². The molecule has 1 heterocycles. The molecule has 0 radical (unpaired) electrons. The van der Waals surface area contributed by atoms with Crippen LogP contribution < -0.4 is 4.90 Å². The van der Waals surface area contributed by atoms with E-state index in [1.165, 1.54) is 22.5 Å². The summed E-state index contributed by atoms with van der Waals surface area (Å²) in [5, 5.41) is 0. The van der Waals surface area contributed by atoms with Crippen molar-refractivity contribution >= 4 is 17.6 Å². The van der Waals surface area contributed by atoms with Gasteiger partial charge in [-0.3, -0.25) is 4.99 Å². The van der Waals surface area contributed by atoms with Crippen molar-refractivity contribution in [3.8, 4) is 0 Å². The van der Waals surface area contributed by atoms with Gasteiger partial charge in [-0.15, -0.1) is 0 Å². The molecule has 27 heavy (non-hydrogen) atoms. The lowest BCUT2D eigenvalue weighted by molar-refractivity contribution is 0.770. The largest absolute Gasteiger partial charge is 0.344 e. The molecule has 0 fully saturated rings. The third-order valence-electron chi connectivity index (χ3n) is 4.99. The first-order valence-corrected chi connectivity index (χ1v) is 9.58. The number of aryl methyl sites for hydroxylation is 1. The van der Waals surface area contributed by atoms with Crippen LogP contribution in [0.4, 0.5) is 11.4 Å². The van der Waals surface area contributed by atoms with E-state index in [9.17, 15) is 0 Å². The van der Waals surface area contributed by atoms with Crippen LogP contribution in [0.2, 0.25) is 0 Å². The van der Waals surface area contributed by atoms with E-state index in [-0.39, 0.29) is 0 Å². The maximum atomic E-state index is 4.58. The second-order valence-electron chi connectivity index (χ2n) is 6.79. The Balaban J connectivity index is 1.57. The Morgan fingerprint density at radius 1 is 0.778 bits per heavy atom. The summed E-state index contributed by atoms with van der Waals surface area (Å²) < 4.78 is 0. The lowest BCUT2D eigenvalue weighted by Crippen LogP contribution is -2.29. The topological polar surface area (TPSA) is 15.6 Å². The van der Waals surface area contributed by atoms with Crippen molar-refractivity contribution in [3.63, 3.8) is 0 Å². The molecule has 0 saturated heterocycles. The Morgan fingerprint density at radius 3 is 2.30 bits per heavy atom. The van der Waals surface area contributed by atoms with Gasteiger partial charge in [0.15, 0.2) is 0 Å². The van der Waals surface area contributed by atoms with Crippen LogP contribution >= 0.6 is 0 Å². The molecule has 2 heteroatoms. The Kier molecular flexibility index (Phi) is 5.44. The molecule has 0 N–H and O–H groups in total. The van der Waals surface area contributed by atoms with Crippen LogP contribution in [0, 0.1) is 0 Å². The Bertz CT molecular complexity index is 927. The first-order chi connectivity index (χ1) is 13.4. The first kappa shape index (κ1) is 17.3. The van der Waals surface area contributed by atoms with Crippen LogP contribution in [0.25, 0.3) is 0 Å². The average molecular weight is 352 g/mol. The predicted octanol–water partition coefficient (Wildman–Crippen LogP) is 5.97. The van der Waals surface area contributed by atoms with Gasteiger partial charge in [-0.2, -0.15) is 0 Å². The smallest absolute Gasteiger partial charge is 0.0629 e. The first-order valence-electron chi connectivity index (χ1n) is 9.58. The minimum absolute atomic E-state index is 0.978. The number of benzene rings is 3. The number of aliphatic imine (C=N–C) groups is 1. The van der Waals surface area contributed by atoms with E-state index in [0.29, 0.717) is 0 Å².